The number of rotatable bonds is 6. The third kappa shape index (κ3) is 5.13. The van der Waals surface area contributed by atoms with E-state index in [-0.39, 0.29) is 17.8 Å². The monoisotopic (exact) mass is 486 g/mol. The van der Waals surface area contributed by atoms with Gasteiger partial charge in [0.1, 0.15) is 5.82 Å². The Bertz CT molecular complexity index is 1200. The van der Waals surface area contributed by atoms with Gasteiger partial charge in [0, 0.05) is 37.4 Å². The highest BCUT2D eigenvalue weighted by Crippen LogP contribution is 2.37. The number of piperidine rings is 1. The maximum absolute atomic E-state index is 15.0. The Morgan fingerprint density at radius 1 is 1.03 bits per heavy atom. The molecule has 1 saturated heterocycles. The number of hydrogen-bond acceptors (Lipinski definition) is 4. The Hall–Kier alpha value is -3.28. The molecule has 1 aromatic heterocycles. The highest BCUT2D eigenvalue weighted by atomic mass is 19.1. The molecule has 0 N–H and O–H groups in total. The molecule has 2 aliphatic rings. The molecule has 2 fully saturated rings. The van der Waals surface area contributed by atoms with E-state index < -0.39 is 0 Å². The van der Waals surface area contributed by atoms with E-state index in [1.54, 1.807) is 29.3 Å². The minimum Gasteiger partial charge on any atom is -0.341 e. The van der Waals surface area contributed by atoms with Gasteiger partial charge in [-0.2, -0.15) is 0 Å². The first-order valence-electron chi connectivity index (χ1n) is 13.2. The summed E-state index contributed by atoms with van der Waals surface area (Å²) in [6.45, 7) is 6.28. The van der Waals surface area contributed by atoms with Gasteiger partial charge in [-0.3, -0.25) is 4.79 Å². The Kier molecular flexibility index (Phi) is 7.30. The van der Waals surface area contributed by atoms with Crippen LogP contribution in [-0.2, 0) is 6.54 Å². The lowest BCUT2D eigenvalue weighted by Gasteiger charge is -2.41. The summed E-state index contributed by atoms with van der Waals surface area (Å²) in [5.74, 6) is 1.47. The van der Waals surface area contributed by atoms with E-state index in [9.17, 15) is 4.79 Å². The van der Waals surface area contributed by atoms with E-state index in [0.717, 1.165) is 31.0 Å². The Labute approximate surface area is 213 Å². The average molecular weight is 487 g/mol. The lowest BCUT2D eigenvalue weighted by Crippen LogP contribution is -2.42. The number of hydrogen-bond donors (Lipinski definition) is 0. The molecule has 6 heteroatoms. The summed E-state index contributed by atoms with van der Waals surface area (Å²) >= 11 is 0. The van der Waals surface area contributed by atoms with Crippen molar-refractivity contribution in [2.45, 2.75) is 58.5 Å². The van der Waals surface area contributed by atoms with Crippen molar-refractivity contribution in [1.82, 2.24) is 14.9 Å². The highest BCUT2D eigenvalue weighted by molar-refractivity contribution is 6.00. The zero-order valence-corrected chi connectivity index (χ0v) is 21.2. The van der Waals surface area contributed by atoms with Crippen LogP contribution < -0.4 is 4.90 Å². The van der Waals surface area contributed by atoms with Crippen molar-refractivity contribution in [1.29, 1.82) is 0 Å². The highest BCUT2D eigenvalue weighted by Gasteiger charge is 2.33. The molecule has 188 valence electrons. The molecule has 5 nitrogen and oxygen atoms in total. The standard InChI is InChI=1S/C30H35FN4O/c1-21(2)35(19-22-10-4-3-5-11-22)29(36)26-18-32-30(33-28(26)25-14-8-9-15-27(25)31)34-17-16-23-12-6-7-13-24(23)20-34/h3-5,8-11,14-15,18,21,23-24H,6-7,12-13,16-17,19-20H2,1-2H3. The lowest BCUT2D eigenvalue weighted by atomic mass is 9.75. The number of nitrogens with zero attached hydrogens (tertiary/aromatic N) is 4. The van der Waals surface area contributed by atoms with Gasteiger partial charge in [-0.1, -0.05) is 61.7 Å². The molecule has 1 aliphatic heterocycles. The van der Waals surface area contributed by atoms with Crippen LogP contribution in [0, 0.1) is 17.7 Å². The number of aromatic nitrogens is 2. The van der Waals surface area contributed by atoms with E-state index in [0.29, 0.717) is 35.2 Å². The third-order valence-corrected chi connectivity index (χ3v) is 7.79. The minimum atomic E-state index is -0.388. The number of anilines is 1. The molecule has 1 saturated carbocycles. The van der Waals surface area contributed by atoms with Crippen molar-refractivity contribution in [2.75, 3.05) is 18.0 Å². The third-order valence-electron chi connectivity index (χ3n) is 7.79. The number of carbonyl (C=O) groups excluding carboxylic acids is 1. The van der Waals surface area contributed by atoms with E-state index in [1.807, 2.05) is 44.2 Å². The molecule has 36 heavy (non-hydrogen) atoms. The van der Waals surface area contributed by atoms with Gasteiger partial charge in [-0.25, -0.2) is 14.4 Å². The van der Waals surface area contributed by atoms with Crippen LogP contribution in [0.1, 0.15) is 61.9 Å². The zero-order chi connectivity index (χ0) is 25.1. The minimum absolute atomic E-state index is 0.0452. The summed E-state index contributed by atoms with van der Waals surface area (Å²) < 4.78 is 15.0. The normalized spacial score (nSPS) is 19.7. The van der Waals surface area contributed by atoms with E-state index >= 15 is 4.39 Å². The SMILES string of the molecule is CC(C)N(Cc1ccccc1)C(=O)c1cnc(N2CCC3CCCCC3C2)nc1-c1ccccc1F. The van der Waals surface area contributed by atoms with Crippen LogP contribution >= 0.6 is 0 Å². The second-order valence-corrected chi connectivity index (χ2v) is 10.5. The van der Waals surface area contributed by atoms with Crippen molar-refractivity contribution < 1.29 is 9.18 Å². The molecule has 2 aromatic carbocycles. The number of halogens is 1. The van der Waals surface area contributed by atoms with Crippen LogP contribution in [-0.4, -0.2) is 39.9 Å². The van der Waals surface area contributed by atoms with Crippen LogP contribution in [0.4, 0.5) is 10.3 Å². The Morgan fingerprint density at radius 3 is 2.50 bits per heavy atom. The van der Waals surface area contributed by atoms with E-state index in [2.05, 4.69) is 9.88 Å². The van der Waals surface area contributed by atoms with Gasteiger partial charge in [-0.05, 0) is 56.2 Å². The molecule has 1 aliphatic carbocycles. The summed E-state index contributed by atoms with van der Waals surface area (Å²) in [7, 11) is 0. The van der Waals surface area contributed by atoms with Gasteiger partial charge in [-0.15, -0.1) is 0 Å². The van der Waals surface area contributed by atoms with Crippen molar-refractivity contribution in [3.63, 3.8) is 0 Å². The summed E-state index contributed by atoms with van der Waals surface area (Å²) in [5.41, 5.74) is 2.08. The molecular formula is C30H35FN4O. The molecule has 0 spiro atoms. The van der Waals surface area contributed by atoms with Crippen LogP contribution in [0.3, 0.4) is 0 Å². The van der Waals surface area contributed by atoms with Crippen molar-refractivity contribution in [3.8, 4) is 11.3 Å². The molecule has 2 unspecified atom stereocenters. The molecule has 5 rings (SSSR count). The number of carbonyl (C=O) groups is 1. The summed E-state index contributed by atoms with van der Waals surface area (Å²) in [6, 6.07) is 16.4. The van der Waals surface area contributed by atoms with Crippen LogP contribution in [0.25, 0.3) is 11.3 Å². The molecule has 3 aromatic rings. The maximum Gasteiger partial charge on any atom is 0.258 e. The van der Waals surface area contributed by atoms with Gasteiger partial charge in [0.25, 0.3) is 5.91 Å². The van der Waals surface area contributed by atoms with Gasteiger partial charge >= 0.3 is 0 Å². The number of amides is 1. The maximum atomic E-state index is 15.0. The predicted molar refractivity (Wildman–Crippen MR) is 141 cm³/mol. The molecule has 0 bridgehead atoms. The fourth-order valence-electron chi connectivity index (χ4n) is 5.75. The van der Waals surface area contributed by atoms with Crippen molar-refractivity contribution >= 4 is 11.9 Å². The fourth-order valence-corrected chi connectivity index (χ4v) is 5.75. The van der Waals surface area contributed by atoms with E-state index in [4.69, 9.17) is 4.98 Å². The topological polar surface area (TPSA) is 49.3 Å². The second-order valence-electron chi connectivity index (χ2n) is 10.5. The summed E-state index contributed by atoms with van der Waals surface area (Å²) in [6.07, 6.45) is 7.94. The number of benzene rings is 2. The van der Waals surface area contributed by atoms with Gasteiger partial charge in [0.2, 0.25) is 5.95 Å². The van der Waals surface area contributed by atoms with Gasteiger partial charge in [0.15, 0.2) is 0 Å². The quantitative estimate of drug-likeness (QED) is 0.407. The molecular weight excluding hydrogens is 451 g/mol. The number of fused-ring (bicyclic) bond motifs is 1. The van der Waals surface area contributed by atoms with Crippen molar-refractivity contribution in [3.05, 3.63) is 77.7 Å². The predicted octanol–water partition coefficient (Wildman–Crippen LogP) is 6.35. The zero-order valence-electron chi connectivity index (χ0n) is 21.2. The Morgan fingerprint density at radius 2 is 1.75 bits per heavy atom. The van der Waals surface area contributed by atoms with Crippen molar-refractivity contribution in [2.24, 2.45) is 11.8 Å². The second kappa shape index (κ2) is 10.8. The fraction of sp³-hybridized carbons (Fsp3) is 0.433. The first kappa shape index (κ1) is 24.4. The first-order valence-corrected chi connectivity index (χ1v) is 13.2. The van der Waals surface area contributed by atoms with Crippen LogP contribution in [0.15, 0.2) is 60.8 Å². The van der Waals surface area contributed by atoms with E-state index in [1.165, 1.54) is 31.7 Å². The van der Waals surface area contributed by atoms with Crippen LogP contribution in [0.2, 0.25) is 0 Å². The van der Waals surface area contributed by atoms with Gasteiger partial charge in [0.05, 0.1) is 11.3 Å². The largest absolute Gasteiger partial charge is 0.341 e. The molecule has 1 amide bonds. The summed E-state index contributed by atoms with van der Waals surface area (Å²) in [4.78, 5) is 27.4. The first-order chi connectivity index (χ1) is 17.5. The molecule has 2 heterocycles. The Balaban J connectivity index is 1.50. The van der Waals surface area contributed by atoms with Gasteiger partial charge < -0.3 is 9.80 Å². The average Bonchev–Trinajstić information content (AvgIpc) is 2.91. The summed E-state index contributed by atoms with van der Waals surface area (Å²) in [5, 5.41) is 0. The smallest absolute Gasteiger partial charge is 0.258 e. The molecule has 2 atom stereocenters. The molecule has 0 radical (unpaired) electrons. The van der Waals surface area contributed by atoms with Crippen LogP contribution in [0.5, 0.6) is 0 Å². The lowest BCUT2D eigenvalue weighted by molar-refractivity contribution is 0.0690.